The predicted octanol–water partition coefficient (Wildman–Crippen LogP) is 2.20. The molecule has 23 heavy (non-hydrogen) atoms. The second-order valence-electron chi connectivity index (χ2n) is 5.00. The molecule has 2 aromatic heterocycles. The van der Waals surface area contributed by atoms with Gasteiger partial charge in [-0.2, -0.15) is 0 Å². The van der Waals surface area contributed by atoms with Gasteiger partial charge < -0.3 is 5.32 Å². The van der Waals surface area contributed by atoms with Crippen LogP contribution in [-0.2, 0) is 14.1 Å². The van der Waals surface area contributed by atoms with E-state index in [0.717, 1.165) is 15.9 Å². The van der Waals surface area contributed by atoms with Crippen molar-refractivity contribution >= 4 is 44.7 Å². The van der Waals surface area contributed by atoms with Crippen LogP contribution >= 0.6 is 22.9 Å². The molecule has 1 amide bonds. The molecule has 3 rings (SSSR count). The molecule has 8 heteroatoms. The summed E-state index contributed by atoms with van der Waals surface area (Å²) in [5.74, 6) is -0.358. The first-order valence-electron chi connectivity index (χ1n) is 6.65. The summed E-state index contributed by atoms with van der Waals surface area (Å²) in [4.78, 5) is 37.2. The topological polar surface area (TPSA) is 73.1 Å². The van der Waals surface area contributed by atoms with Gasteiger partial charge in [0.15, 0.2) is 0 Å². The summed E-state index contributed by atoms with van der Waals surface area (Å²) in [6, 6.07) is 8.27. The molecule has 2 heterocycles. The van der Waals surface area contributed by atoms with Crippen LogP contribution in [0.2, 0.25) is 5.02 Å². The number of fused-ring (bicyclic) bond motifs is 1. The molecule has 0 fully saturated rings. The Hall–Kier alpha value is -2.38. The fourth-order valence-corrected chi connectivity index (χ4v) is 3.42. The van der Waals surface area contributed by atoms with Crippen molar-refractivity contribution in [3.63, 3.8) is 0 Å². The zero-order chi connectivity index (χ0) is 16.7. The summed E-state index contributed by atoms with van der Waals surface area (Å²) >= 11 is 6.98. The Balaban J connectivity index is 2.06. The molecule has 0 radical (unpaired) electrons. The predicted molar refractivity (Wildman–Crippen MR) is 91.7 cm³/mol. The van der Waals surface area contributed by atoms with Crippen molar-refractivity contribution in [2.24, 2.45) is 14.1 Å². The summed E-state index contributed by atoms with van der Waals surface area (Å²) < 4.78 is 2.38. The van der Waals surface area contributed by atoms with E-state index in [1.807, 2.05) is 0 Å². The Bertz CT molecular complexity index is 1050. The third-order valence-corrected chi connectivity index (χ3v) is 4.88. The van der Waals surface area contributed by atoms with Crippen LogP contribution in [0.3, 0.4) is 0 Å². The number of halogens is 1. The molecular formula is C15H12ClN3O3S. The lowest BCUT2D eigenvalue weighted by atomic mass is 10.3. The van der Waals surface area contributed by atoms with Gasteiger partial charge in [-0.15, -0.1) is 11.3 Å². The van der Waals surface area contributed by atoms with Crippen molar-refractivity contribution in [3.8, 4) is 0 Å². The van der Waals surface area contributed by atoms with Crippen LogP contribution in [0.1, 0.15) is 9.67 Å². The zero-order valence-corrected chi connectivity index (χ0v) is 13.9. The number of benzene rings is 1. The third-order valence-electron chi connectivity index (χ3n) is 3.43. The van der Waals surface area contributed by atoms with E-state index in [2.05, 4.69) is 5.32 Å². The third kappa shape index (κ3) is 2.69. The van der Waals surface area contributed by atoms with E-state index >= 15 is 0 Å². The molecule has 1 N–H and O–H groups in total. The number of carbonyl (C=O) groups excluding carboxylic acids is 1. The average Bonchev–Trinajstić information content (AvgIpc) is 2.96. The van der Waals surface area contributed by atoms with Crippen molar-refractivity contribution in [1.82, 2.24) is 9.13 Å². The minimum Gasteiger partial charge on any atom is -0.321 e. The van der Waals surface area contributed by atoms with Gasteiger partial charge in [0, 0.05) is 24.8 Å². The second kappa shape index (κ2) is 5.68. The molecule has 0 aliphatic heterocycles. The first kappa shape index (κ1) is 15.5. The molecule has 0 aliphatic carbocycles. The molecule has 118 valence electrons. The lowest BCUT2D eigenvalue weighted by molar-refractivity contribution is 0.103. The first-order chi connectivity index (χ1) is 10.9. The molecule has 0 atom stereocenters. The van der Waals surface area contributed by atoms with E-state index < -0.39 is 11.2 Å². The zero-order valence-electron chi connectivity index (χ0n) is 12.3. The van der Waals surface area contributed by atoms with E-state index in [-0.39, 0.29) is 5.91 Å². The molecule has 6 nitrogen and oxygen atoms in total. The molecule has 0 unspecified atom stereocenters. The highest BCUT2D eigenvalue weighted by molar-refractivity contribution is 7.20. The largest absolute Gasteiger partial charge is 0.331 e. The van der Waals surface area contributed by atoms with Gasteiger partial charge in [0.05, 0.1) is 10.3 Å². The van der Waals surface area contributed by atoms with Crippen LogP contribution < -0.4 is 16.6 Å². The van der Waals surface area contributed by atoms with Gasteiger partial charge in [0.1, 0.15) is 4.83 Å². The van der Waals surface area contributed by atoms with Gasteiger partial charge in [-0.05, 0) is 24.3 Å². The van der Waals surface area contributed by atoms with Crippen LogP contribution in [0.4, 0.5) is 5.69 Å². The molecule has 0 saturated carbocycles. The monoisotopic (exact) mass is 349 g/mol. The van der Waals surface area contributed by atoms with Gasteiger partial charge >= 0.3 is 5.69 Å². The summed E-state index contributed by atoms with van der Waals surface area (Å²) in [5, 5.41) is 3.57. The first-order valence-corrected chi connectivity index (χ1v) is 7.84. The van der Waals surface area contributed by atoms with Crippen LogP contribution in [0.5, 0.6) is 0 Å². The van der Waals surface area contributed by atoms with Gasteiger partial charge in [-0.1, -0.05) is 17.7 Å². The van der Waals surface area contributed by atoms with E-state index in [1.165, 1.54) is 17.7 Å². The summed E-state index contributed by atoms with van der Waals surface area (Å²) in [6.07, 6.45) is 0. The summed E-state index contributed by atoms with van der Waals surface area (Å²) in [6.45, 7) is 0. The van der Waals surface area contributed by atoms with E-state index in [1.54, 1.807) is 31.3 Å². The van der Waals surface area contributed by atoms with Gasteiger partial charge in [-0.3, -0.25) is 18.7 Å². The highest BCUT2D eigenvalue weighted by atomic mass is 35.5. The van der Waals surface area contributed by atoms with E-state index in [4.69, 9.17) is 11.6 Å². The molecular weight excluding hydrogens is 338 g/mol. The number of aryl methyl sites for hydroxylation is 1. The Labute approximate surface area is 139 Å². The van der Waals surface area contributed by atoms with Gasteiger partial charge in [-0.25, -0.2) is 4.79 Å². The number of rotatable bonds is 2. The van der Waals surface area contributed by atoms with Crippen molar-refractivity contribution in [2.75, 3.05) is 5.32 Å². The van der Waals surface area contributed by atoms with Crippen LogP contribution in [0, 0.1) is 0 Å². The lowest BCUT2D eigenvalue weighted by Crippen LogP contribution is -2.36. The maximum absolute atomic E-state index is 12.3. The van der Waals surface area contributed by atoms with E-state index in [0.29, 0.717) is 25.8 Å². The van der Waals surface area contributed by atoms with Crippen LogP contribution in [-0.4, -0.2) is 15.0 Å². The fourth-order valence-electron chi connectivity index (χ4n) is 2.23. The summed E-state index contributed by atoms with van der Waals surface area (Å²) in [5.41, 5.74) is -0.283. The highest BCUT2D eigenvalue weighted by Crippen LogP contribution is 2.23. The van der Waals surface area contributed by atoms with Crippen LogP contribution in [0.25, 0.3) is 10.2 Å². The smallest absolute Gasteiger partial charge is 0.321 e. The molecule has 0 spiro atoms. The Morgan fingerprint density at radius 1 is 1.17 bits per heavy atom. The number of hydrogen-bond acceptors (Lipinski definition) is 4. The second-order valence-corrected chi connectivity index (χ2v) is 6.47. The molecule has 0 bridgehead atoms. The minimum absolute atomic E-state index is 0.343. The maximum Gasteiger partial charge on any atom is 0.331 e. The normalized spacial score (nSPS) is 10.9. The number of nitrogens with zero attached hydrogens (tertiary/aromatic N) is 2. The van der Waals surface area contributed by atoms with Gasteiger partial charge in [0.25, 0.3) is 11.5 Å². The SMILES string of the molecule is Cn1c(=O)c2cc(C(=O)Nc3cccc(Cl)c3)sc2n(C)c1=O. The molecule has 1 aromatic carbocycles. The van der Waals surface area contributed by atoms with Crippen molar-refractivity contribution in [3.05, 3.63) is 61.1 Å². The Kier molecular flexibility index (Phi) is 3.83. The lowest BCUT2D eigenvalue weighted by Gasteiger charge is -2.03. The van der Waals surface area contributed by atoms with Crippen molar-refractivity contribution in [2.45, 2.75) is 0 Å². The Morgan fingerprint density at radius 2 is 1.91 bits per heavy atom. The van der Waals surface area contributed by atoms with Gasteiger partial charge in [0.2, 0.25) is 0 Å². The maximum atomic E-state index is 12.3. The van der Waals surface area contributed by atoms with Crippen LogP contribution in [0.15, 0.2) is 39.9 Å². The quantitative estimate of drug-likeness (QED) is 0.770. The standard InChI is InChI=1S/C15H12ClN3O3S/c1-18-13(21)10-7-11(23-14(10)19(2)15(18)22)12(20)17-9-5-3-4-8(16)6-9/h3-7H,1-2H3,(H,17,20). The molecule has 0 aliphatic rings. The average molecular weight is 350 g/mol. The number of carbonyl (C=O) groups is 1. The summed E-state index contributed by atoms with van der Waals surface area (Å²) in [7, 11) is 2.98. The molecule has 0 saturated heterocycles. The number of amides is 1. The highest BCUT2D eigenvalue weighted by Gasteiger charge is 2.16. The number of nitrogens with one attached hydrogen (secondary N) is 1. The van der Waals surface area contributed by atoms with Crippen molar-refractivity contribution in [1.29, 1.82) is 0 Å². The minimum atomic E-state index is -0.425. The van der Waals surface area contributed by atoms with E-state index in [9.17, 15) is 14.4 Å². The molecule has 3 aromatic rings. The van der Waals surface area contributed by atoms with Crippen molar-refractivity contribution < 1.29 is 4.79 Å². The number of anilines is 1. The number of aromatic nitrogens is 2. The number of hydrogen-bond donors (Lipinski definition) is 1. The fraction of sp³-hybridized carbons (Fsp3) is 0.133. The number of thiophene rings is 1. The Morgan fingerprint density at radius 3 is 2.61 bits per heavy atom.